The molecule has 0 spiro atoms. The molecule has 0 saturated heterocycles. The molecular formula is C13H19NO. The molecule has 0 saturated carbocycles. The Kier molecular flexibility index (Phi) is 3.64. The van der Waals surface area contributed by atoms with E-state index >= 15 is 0 Å². The molecule has 0 unspecified atom stereocenters. The Hall–Kier alpha value is -1.15. The van der Waals surface area contributed by atoms with Crippen LogP contribution >= 0.6 is 0 Å². The van der Waals surface area contributed by atoms with Gasteiger partial charge in [0, 0.05) is 17.5 Å². The van der Waals surface area contributed by atoms with Crippen molar-refractivity contribution in [3.05, 3.63) is 35.4 Å². The largest absolute Gasteiger partial charge is 0.326 e. The van der Waals surface area contributed by atoms with E-state index in [0.29, 0.717) is 6.42 Å². The third kappa shape index (κ3) is 4.26. The molecule has 0 bridgehead atoms. The number of carbonyl (C=O) groups is 1. The second-order valence-electron chi connectivity index (χ2n) is 4.78. The number of ketones is 1. The number of Topliss-reactive ketones (excluding diaryl/α,β-unsaturated/α-hetero) is 1. The van der Waals surface area contributed by atoms with Crippen LogP contribution in [0.25, 0.3) is 0 Å². The summed E-state index contributed by atoms with van der Waals surface area (Å²) in [6.07, 6.45) is 1.24. The highest BCUT2D eigenvalue weighted by molar-refractivity contribution is 5.96. The fraction of sp³-hybridized carbons (Fsp3) is 0.462. The molecule has 0 aromatic heterocycles. The summed E-state index contributed by atoms with van der Waals surface area (Å²) in [4.78, 5) is 11.7. The molecule has 2 heteroatoms. The number of nitrogens with two attached hydrogens (primary N) is 1. The molecule has 1 aromatic rings. The number of hydrogen-bond acceptors (Lipinski definition) is 2. The second kappa shape index (κ2) is 4.58. The van der Waals surface area contributed by atoms with E-state index < -0.39 is 0 Å². The van der Waals surface area contributed by atoms with Crippen molar-refractivity contribution >= 4 is 5.78 Å². The highest BCUT2D eigenvalue weighted by atomic mass is 16.1. The minimum atomic E-state index is -0.264. The van der Waals surface area contributed by atoms with Crippen LogP contribution < -0.4 is 5.73 Å². The van der Waals surface area contributed by atoms with Gasteiger partial charge in [-0.05, 0) is 27.2 Å². The SMILES string of the molecule is Cc1ccc(C(=O)CCC(C)(C)N)cc1. The fourth-order valence-corrected chi connectivity index (χ4v) is 1.32. The number of aryl methyl sites for hydroxylation is 1. The maximum Gasteiger partial charge on any atom is 0.162 e. The van der Waals surface area contributed by atoms with Gasteiger partial charge in [-0.25, -0.2) is 0 Å². The molecule has 0 aliphatic rings. The van der Waals surface area contributed by atoms with Crippen molar-refractivity contribution in [2.45, 2.75) is 39.2 Å². The van der Waals surface area contributed by atoms with Crippen LogP contribution in [0.2, 0.25) is 0 Å². The monoisotopic (exact) mass is 205 g/mol. The molecule has 0 aliphatic carbocycles. The minimum Gasteiger partial charge on any atom is -0.326 e. The van der Waals surface area contributed by atoms with E-state index in [2.05, 4.69) is 0 Å². The molecule has 82 valence electrons. The lowest BCUT2D eigenvalue weighted by Crippen LogP contribution is -2.32. The summed E-state index contributed by atoms with van der Waals surface area (Å²) in [5.74, 6) is 0.175. The van der Waals surface area contributed by atoms with Gasteiger partial charge in [0.05, 0.1) is 0 Å². The summed E-state index contributed by atoms with van der Waals surface area (Å²) in [7, 11) is 0. The Morgan fingerprint density at radius 3 is 2.27 bits per heavy atom. The van der Waals surface area contributed by atoms with E-state index in [-0.39, 0.29) is 11.3 Å². The first kappa shape index (κ1) is 11.9. The fourth-order valence-electron chi connectivity index (χ4n) is 1.32. The molecular weight excluding hydrogens is 186 g/mol. The maximum absolute atomic E-state index is 11.7. The highest BCUT2D eigenvalue weighted by Crippen LogP contribution is 2.12. The minimum absolute atomic E-state index is 0.175. The number of hydrogen-bond donors (Lipinski definition) is 1. The average Bonchev–Trinajstić information content (AvgIpc) is 2.14. The smallest absolute Gasteiger partial charge is 0.162 e. The molecule has 0 atom stereocenters. The van der Waals surface area contributed by atoms with E-state index in [1.54, 1.807) is 0 Å². The van der Waals surface area contributed by atoms with E-state index in [9.17, 15) is 4.79 Å². The van der Waals surface area contributed by atoms with Gasteiger partial charge in [0.25, 0.3) is 0 Å². The molecule has 1 aromatic carbocycles. The van der Waals surface area contributed by atoms with Crippen molar-refractivity contribution in [1.29, 1.82) is 0 Å². The van der Waals surface area contributed by atoms with Crippen LogP contribution in [0.5, 0.6) is 0 Å². The van der Waals surface area contributed by atoms with Crippen LogP contribution in [0.1, 0.15) is 42.6 Å². The third-order valence-corrected chi connectivity index (χ3v) is 2.37. The van der Waals surface area contributed by atoms with Gasteiger partial charge in [-0.2, -0.15) is 0 Å². The van der Waals surface area contributed by atoms with E-state index in [1.807, 2.05) is 45.0 Å². The third-order valence-electron chi connectivity index (χ3n) is 2.37. The molecule has 0 heterocycles. The molecule has 1 rings (SSSR count). The van der Waals surface area contributed by atoms with Crippen molar-refractivity contribution in [3.63, 3.8) is 0 Å². The predicted molar refractivity (Wildman–Crippen MR) is 63.0 cm³/mol. The Morgan fingerprint density at radius 1 is 1.27 bits per heavy atom. The molecule has 0 radical (unpaired) electrons. The number of rotatable bonds is 4. The first-order valence-electron chi connectivity index (χ1n) is 5.27. The van der Waals surface area contributed by atoms with Gasteiger partial charge < -0.3 is 5.73 Å². The summed E-state index contributed by atoms with van der Waals surface area (Å²) in [6.45, 7) is 5.89. The topological polar surface area (TPSA) is 43.1 Å². The normalized spacial score (nSPS) is 11.5. The predicted octanol–water partition coefficient (Wildman–Crippen LogP) is 2.70. The summed E-state index contributed by atoms with van der Waals surface area (Å²) in [5, 5.41) is 0. The van der Waals surface area contributed by atoms with Crippen LogP contribution in [0.3, 0.4) is 0 Å². The second-order valence-corrected chi connectivity index (χ2v) is 4.78. The molecule has 0 fully saturated rings. The molecule has 0 aliphatic heterocycles. The Morgan fingerprint density at radius 2 is 1.80 bits per heavy atom. The average molecular weight is 205 g/mol. The Bertz CT molecular complexity index is 333. The Balaban J connectivity index is 2.58. The Labute approximate surface area is 91.5 Å². The number of carbonyl (C=O) groups excluding carboxylic acids is 1. The van der Waals surface area contributed by atoms with Crippen molar-refractivity contribution in [3.8, 4) is 0 Å². The first-order chi connectivity index (χ1) is 6.88. The van der Waals surface area contributed by atoms with E-state index in [4.69, 9.17) is 5.73 Å². The molecule has 2 N–H and O–H groups in total. The maximum atomic E-state index is 11.7. The zero-order valence-corrected chi connectivity index (χ0v) is 9.71. The lowest BCUT2D eigenvalue weighted by Gasteiger charge is -2.17. The van der Waals surface area contributed by atoms with Gasteiger partial charge in [-0.15, -0.1) is 0 Å². The van der Waals surface area contributed by atoms with Gasteiger partial charge in [-0.1, -0.05) is 29.8 Å². The lowest BCUT2D eigenvalue weighted by atomic mass is 9.96. The van der Waals surface area contributed by atoms with Crippen molar-refractivity contribution in [1.82, 2.24) is 0 Å². The lowest BCUT2D eigenvalue weighted by molar-refractivity contribution is 0.0972. The van der Waals surface area contributed by atoms with Crippen LogP contribution in [0, 0.1) is 6.92 Å². The zero-order chi connectivity index (χ0) is 11.5. The van der Waals surface area contributed by atoms with Gasteiger partial charge in [0.1, 0.15) is 0 Å². The van der Waals surface area contributed by atoms with Crippen molar-refractivity contribution < 1.29 is 4.79 Å². The van der Waals surface area contributed by atoms with Crippen LogP contribution in [-0.4, -0.2) is 11.3 Å². The van der Waals surface area contributed by atoms with Crippen LogP contribution in [-0.2, 0) is 0 Å². The van der Waals surface area contributed by atoms with Crippen LogP contribution in [0.15, 0.2) is 24.3 Å². The summed E-state index contributed by atoms with van der Waals surface area (Å²) in [5.41, 5.74) is 7.52. The summed E-state index contributed by atoms with van der Waals surface area (Å²) in [6, 6.07) is 7.67. The van der Waals surface area contributed by atoms with Crippen molar-refractivity contribution in [2.75, 3.05) is 0 Å². The van der Waals surface area contributed by atoms with E-state index in [1.165, 1.54) is 5.56 Å². The molecule has 2 nitrogen and oxygen atoms in total. The van der Waals surface area contributed by atoms with Crippen molar-refractivity contribution in [2.24, 2.45) is 5.73 Å². The first-order valence-corrected chi connectivity index (χ1v) is 5.27. The molecule has 15 heavy (non-hydrogen) atoms. The summed E-state index contributed by atoms with van der Waals surface area (Å²) >= 11 is 0. The zero-order valence-electron chi connectivity index (χ0n) is 9.71. The van der Waals surface area contributed by atoms with Gasteiger partial charge in [-0.3, -0.25) is 4.79 Å². The number of benzene rings is 1. The van der Waals surface area contributed by atoms with Crippen LogP contribution in [0.4, 0.5) is 0 Å². The van der Waals surface area contributed by atoms with Gasteiger partial charge in [0.2, 0.25) is 0 Å². The van der Waals surface area contributed by atoms with Gasteiger partial charge in [0.15, 0.2) is 5.78 Å². The quantitative estimate of drug-likeness (QED) is 0.768. The summed E-state index contributed by atoms with van der Waals surface area (Å²) < 4.78 is 0. The molecule has 0 amide bonds. The van der Waals surface area contributed by atoms with Gasteiger partial charge >= 0.3 is 0 Å². The highest BCUT2D eigenvalue weighted by Gasteiger charge is 2.14. The van der Waals surface area contributed by atoms with E-state index in [0.717, 1.165) is 12.0 Å². The standard InChI is InChI=1S/C13H19NO/c1-10-4-6-11(7-5-10)12(15)8-9-13(2,3)14/h4-7H,8-9,14H2,1-3H3.